The highest BCUT2D eigenvalue weighted by Gasteiger charge is 2.36. The van der Waals surface area contributed by atoms with Crippen molar-refractivity contribution in [3.63, 3.8) is 0 Å². The van der Waals surface area contributed by atoms with E-state index in [9.17, 15) is 44.4 Å². The van der Waals surface area contributed by atoms with Gasteiger partial charge in [-0.05, 0) is 63.4 Å². The molecule has 0 amide bonds. The maximum absolute atomic E-state index is 12.9. The first kappa shape index (κ1) is 40.8. The fourth-order valence-corrected chi connectivity index (χ4v) is 5.40. The average Bonchev–Trinajstić information content (AvgIpc) is 3.22. The van der Waals surface area contributed by atoms with Gasteiger partial charge in [0.2, 0.25) is 0 Å². The number of ether oxygens (including phenoxy) is 2. The van der Waals surface area contributed by atoms with Crippen molar-refractivity contribution in [3.05, 3.63) is 34.9 Å². The molecule has 1 heterocycles. The quantitative estimate of drug-likeness (QED) is 0.0525. The number of ketones is 1. The number of aliphatic hydroxyl groups is 4. The van der Waals surface area contributed by atoms with E-state index in [-0.39, 0.29) is 35.2 Å². The van der Waals surface area contributed by atoms with Crippen molar-refractivity contribution in [2.75, 3.05) is 0 Å². The molecule has 0 saturated heterocycles. The fraction of sp³-hybridized carbons (Fsp3) is 0.676. The summed E-state index contributed by atoms with van der Waals surface area (Å²) in [6.07, 6.45) is 0.999. The van der Waals surface area contributed by atoms with Gasteiger partial charge in [0.25, 0.3) is 0 Å². The van der Waals surface area contributed by atoms with Crippen LogP contribution < -0.4 is 0 Å². The smallest absolute Gasteiger partial charge is 0.345 e. The van der Waals surface area contributed by atoms with Crippen LogP contribution in [0.15, 0.2) is 34.9 Å². The normalized spacial score (nSPS) is 20.0. The van der Waals surface area contributed by atoms with E-state index < -0.39 is 72.7 Å². The van der Waals surface area contributed by atoms with E-state index in [0.717, 1.165) is 18.1 Å². The molecule has 46 heavy (non-hydrogen) atoms. The number of hydrogen-bond acceptors (Lipinski definition) is 11. The molecule has 1 aliphatic rings. The van der Waals surface area contributed by atoms with Gasteiger partial charge in [-0.3, -0.25) is 9.59 Å². The number of hydrogen-bond donors (Lipinski definition) is 5. The van der Waals surface area contributed by atoms with E-state index in [4.69, 9.17) is 9.84 Å². The second kappa shape index (κ2) is 19.5. The van der Waals surface area contributed by atoms with Crippen LogP contribution in [0.2, 0.25) is 0 Å². The molecular weight excluding hydrogens is 600 g/mol. The van der Waals surface area contributed by atoms with Crippen LogP contribution in [0.25, 0.3) is 0 Å². The largest absolute Gasteiger partial charge is 0.478 e. The highest BCUT2D eigenvalue weighted by molar-refractivity contribution is 6.12. The second-order valence-corrected chi connectivity index (χ2v) is 12.7. The molecule has 0 aromatic rings. The summed E-state index contributed by atoms with van der Waals surface area (Å²) >= 11 is 0. The molecule has 0 spiro atoms. The molecule has 0 radical (unpaired) electrons. The number of allylic oxidation sites excluding steroid dienone is 2. The van der Waals surface area contributed by atoms with Gasteiger partial charge in [0, 0.05) is 29.9 Å². The Balaban J connectivity index is 2.52. The predicted octanol–water partition coefficient (Wildman–Crippen LogP) is 3.19. The highest BCUT2D eigenvalue weighted by Crippen LogP contribution is 2.26. The number of carbonyl (C=O) groups excluding carboxylic acids is 4. The lowest BCUT2D eigenvalue weighted by molar-refractivity contribution is -0.154. The Bertz CT molecular complexity index is 1170. The van der Waals surface area contributed by atoms with Gasteiger partial charge in [-0.2, -0.15) is 0 Å². The van der Waals surface area contributed by atoms with Gasteiger partial charge in [-0.1, -0.05) is 46.8 Å². The third-order valence-corrected chi connectivity index (χ3v) is 8.63. The number of aliphatic carboxylic acids is 1. The fourth-order valence-electron chi connectivity index (χ4n) is 5.40. The summed E-state index contributed by atoms with van der Waals surface area (Å²) in [6.45, 7) is 12.0. The molecule has 5 N–H and O–H groups in total. The lowest BCUT2D eigenvalue weighted by Gasteiger charge is -2.27. The van der Waals surface area contributed by atoms with Gasteiger partial charge in [-0.25, -0.2) is 14.4 Å². The minimum Gasteiger partial charge on any atom is -0.478 e. The number of rotatable bonds is 21. The molecule has 0 bridgehead atoms. The Morgan fingerprint density at radius 3 is 2.02 bits per heavy atom. The monoisotopic (exact) mass is 652 g/mol. The molecule has 0 saturated carbocycles. The maximum atomic E-state index is 12.9. The molecule has 5 unspecified atom stereocenters. The van der Waals surface area contributed by atoms with E-state index >= 15 is 0 Å². The third-order valence-electron chi connectivity index (χ3n) is 8.63. The van der Waals surface area contributed by atoms with Crippen molar-refractivity contribution >= 4 is 29.7 Å². The van der Waals surface area contributed by atoms with Crippen LogP contribution in [0.5, 0.6) is 0 Å². The Morgan fingerprint density at radius 2 is 1.48 bits per heavy atom. The van der Waals surface area contributed by atoms with E-state index in [1.54, 1.807) is 19.9 Å². The second-order valence-electron chi connectivity index (χ2n) is 12.7. The topological polar surface area (TPSA) is 205 Å². The molecule has 0 fully saturated rings. The van der Waals surface area contributed by atoms with Crippen molar-refractivity contribution in [1.29, 1.82) is 0 Å². The Hall–Kier alpha value is -3.19. The number of Topliss-reactive ketones (excluding diaryl/α,β-unsaturated/α-hetero) is 1. The summed E-state index contributed by atoms with van der Waals surface area (Å²) in [7, 11) is 0. The minimum absolute atomic E-state index is 0.0831. The Kier molecular flexibility index (Phi) is 17.3. The van der Waals surface area contributed by atoms with Crippen LogP contribution >= 0.6 is 0 Å². The zero-order valence-electron chi connectivity index (χ0n) is 28.0. The molecule has 260 valence electrons. The molecule has 1 rings (SSSR count). The van der Waals surface area contributed by atoms with Crippen molar-refractivity contribution in [2.24, 2.45) is 23.7 Å². The Morgan fingerprint density at radius 1 is 0.848 bits per heavy atom. The molecular formula is C34H52O12. The lowest BCUT2D eigenvalue weighted by Crippen LogP contribution is -2.36. The van der Waals surface area contributed by atoms with Crippen LogP contribution in [-0.4, -0.2) is 85.7 Å². The molecule has 1 aliphatic heterocycles. The zero-order chi connectivity index (χ0) is 35.3. The number of aliphatic hydroxyl groups excluding tert-OH is 4. The van der Waals surface area contributed by atoms with Crippen LogP contribution in [0.3, 0.4) is 0 Å². The van der Waals surface area contributed by atoms with Gasteiger partial charge in [0.1, 0.15) is 11.9 Å². The summed E-state index contributed by atoms with van der Waals surface area (Å²) in [5, 5.41) is 50.8. The van der Waals surface area contributed by atoms with Gasteiger partial charge < -0.3 is 35.0 Å². The first-order valence-electron chi connectivity index (χ1n) is 15.9. The first-order valence-corrected chi connectivity index (χ1v) is 15.9. The number of carboxylic acid groups (broad SMARTS) is 1. The molecule has 0 aromatic heterocycles. The summed E-state index contributed by atoms with van der Waals surface area (Å²) in [4.78, 5) is 59.2. The van der Waals surface area contributed by atoms with Crippen LogP contribution in [0, 0.1) is 23.7 Å². The highest BCUT2D eigenvalue weighted by atomic mass is 16.6. The van der Waals surface area contributed by atoms with Gasteiger partial charge in [-0.15, -0.1) is 0 Å². The molecule has 12 heteroatoms. The summed E-state index contributed by atoms with van der Waals surface area (Å²) in [5.74, 6) is -5.18. The van der Waals surface area contributed by atoms with Crippen molar-refractivity contribution in [2.45, 2.75) is 124 Å². The molecule has 0 aromatic carbocycles. The number of esters is 3. The van der Waals surface area contributed by atoms with Crippen molar-refractivity contribution in [1.82, 2.24) is 0 Å². The Labute approximate surface area is 271 Å². The van der Waals surface area contributed by atoms with E-state index in [1.807, 2.05) is 20.8 Å². The molecule has 0 aliphatic carbocycles. The molecule has 9 atom stereocenters. The van der Waals surface area contributed by atoms with Crippen LogP contribution in [0.4, 0.5) is 0 Å². The van der Waals surface area contributed by atoms with Gasteiger partial charge in [0.15, 0.2) is 0 Å². The number of cyclic esters (lactones) is 2. The van der Waals surface area contributed by atoms with Crippen molar-refractivity contribution in [3.8, 4) is 0 Å². The van der Waals surface area contributed by atoms with E-state index in [0.29, 0.717) is 25.7 Å². The summed E-state index contributed by atoms with van der Waals surface area (Å²) < 4.78 is 9.71. The standard InChI is InChI=1S/C34H52O12/c1-8-24(10-12-30(40)41)15-25(35)14-19(3)13-18(2)9-11-26(36)21(5)28(38)16-27(37)20(4)23(7)45-31(42)17-29(39)32-22(6)33(43)46-34(32)44/h10,12,15,18-21,23,25-27,29,35-37,39H,8-9,11,13-14,16-17H2,1-7H3,(H,40,41)/b12-10+,24-15+/t18?,19-,20-,21+,23-,25?,26?,27?,29?/m1/s1. The number of carboxylic acids is 1. The first-order chi connectivity index (χ1) is 21.4. The van der Waals surface area contributed by atoms with Crippen LogP contribution in [0.1, 0.15) is 93.4 Å². The summed E-state index contributed by atoms with van der Waals surface area (Å²) in [6, 6.07) is 0. The number of carbonyl (C=O) groups is 5. The summed E-state index contributed by atoms with van der Waals surface area (Å²) in [5.41, 5.74) is 0.357. The SMILES string of the molecule is CCC(/C=C/C(=O)O)=C\C(O)C[C@H](C)CC(C)CCC(O)[C@H](C)C(=O)CC(O)[C@H](C)[C@@H](C)OC(=O)CC(O)C1=C(C)C(=O)OC1=O. The van der Waals surface area contributed by atoms with Gasteiger partial charge in [0.05, 0.1) is 36.4 Å². The van der Waals surface area contributed by atoms with E-state index in [2.05, 4.69) is 4.74 Å². The molecule has 12 nitrogen and oxygen atoms in total. The van der Waals surface area contributed by atoms with Crippen LogP contribution in [-0.2, 0) is 33.4 Å². The maximum Gasteiger partial charge on any atom is 0.345 e. The van der Waals surface area contributed by atoms with Crippen molar-refractivity contribution < 1.29 is 59.0 Å². The average molecular weight is 653 g/mol. The van der Waals surface area contributed by atoms with E-state index in [1.165, 1.54) is 19.9 Å². The van der Waals surface area contributed by atoms with Gasteiger partial charge >= 0.3 is 23.9 Å². The lowest BCUT2D eigenvalue weighted by atomic mass is 9.85. The third kappa shape index (κ3) is 13.7. The predicted molar refractivity (Wildman–Crippen MR) is 168 cm³/mol. The minimum atomic E-state index is -1.59. The zero-order valence-corrected chi connectivity index (χ0v) is 28.0.